The second-order valence-electron chi connectivity index (χ2n) is 5.90. The molecule has 0 aliphatic heterocycles. The number of aromatic amines is 1. The predicted octanol–water partition coefficient (Wildman–Crippen LogP) is 4.40. The molecule has 1 fully saturated rings. The average molecular weight is 242 g/mol. The Morgan fingerprint density at radius 3 is 2.61 bits per heavy atom. The van der Waals surface area contributed by atoms with Crippen LogP contribution in [0.3, 0.4) is 0 Å². The fraction of sp³-hybridized carbons (Fsp3) is 0.562. The van der Waals surface area contributed by atoms with Crippen LogP contribution in [0, 0.1) is 13.8 Å². The molecule has 0 amide bonds. The molecular formula is C16H22N2. The molecule has 2 heteroatoms. The Balaban J connectivity index is 2.16. The Morgan fingerprint density at radius 1 is 1.22 bits per heavy atom. The highest BCUT2D eigenvalue weighted by Gasteiger charge is 2.36. The fourth-order valence-electron chi connectivity index (χ4n) is 3.53. The Morgan fingerprint density at radius 2 is 1.94 bits per heavy atom. The molecule has 0 radical (unpaired) electrons. The number of aryl methyl sites for hydroxylation is 2. The van der Waals surface area contributed by atoms with Crippen LogP contribution in [-0.2, 0) is 5.41 Å². The van der Waals surface area contributed by atoms with Crippen LogP contribution in [0.1, 0.15) is 56.0 Å². The molecule has 18 heavy (non-hydrogen) atoms. The minimum atomic E-state index is 0.319. The van der Waals surface area contributed by atoms with Crippen LogP contribution in [0.4, 0.5) is 0 Å². The lowest BCUT2D eigenvalue weighted by Gasteiger charge is -2.24. The first-order valence-electron chi connectivity index (χ1n) is 7.12. The van der Waals surface area contributed by atoms with E-state index in [4.69, 9.17) is 4.98 Å². The van der Waals surface area contributed by atoms with Crippen LogP contribution < -0.4 is 0 Å². The quantitative estimate of drug-likeness (QED) is 0.830. The van der Waals surface area contributed by atoms with Crippen molar-refractivity contribution in [1.29, 1.82) is 0 Å². The van der Waals surface area contributed by atoms with Crippen LogP contribution in [0.5, 0.6) is 0 Å². The molecule has 3 rings (SSSR count). The summed E-state index contributed by atoms with van der Waals surface area (Å²) in [6.07, 6.45) is 6.49. The van der Waals surface area contributed by atoms with Gasteiger partial charge in [0.25, 0.3) is 0 Å². The molecule has 1 aromatic heterocycles. The SMILES string of the molecule is CCC1(c2nc3c(C)cc(C)cc3[nH]2)CCCC1. The van der Waals surface area contributed by atoms with Gasteiger partial charge in [-0.3, -0.25) is 0 Å². The van der Waals surface area contributed by atoms with E-state index in [2.05, 4.69) is 37.9 Å². The fourth-order valence-corrected chi connectivity index (χ4v) is 3.53. The maximum atomic E-state index is 4.92. The monoisotopic (exact) mass is 242 g/mol. The van der Waals surface area contributed by atoms with E-state index in [1.54, 1.807) is 0 Å². The Bertz CT molecular complexity index is 574. The van der Waals surface area contributed by atoms with Crippen molar-refractivity contribution in [2.24, 2.45) is 0 Å². The second kappa shape index (κ2) is 4.11. The molecule has 1 N–H and O–H groups in total. The van der Waals surface area contributed by atoms with E-state index < -0.39 is 0 Å². The van der Waals surface area contributed by atoms with Crippen molar-refractivity contribution in [3.8, 4) is 0 Å². The van der Waals surface area contributed by atoms with Crippen molar-refractivity contribution in [3.05, 3.63) is 29.1 Å². The predicted molar refractivity (Wildman–Crippen MR) is 76.0 cm³/mol. The van der Waals surface area contributed by atoms with E-state index in [1.165, 1.54) is 54.6 Å². The topological polar surface area (TPSA) is 28.7 Å². The number of benzene rings is 1. The number of rotatable bonds is 2. The minimum absolute atomic E-state index is 0.319. The molecule has 1 heterocycles. The molecule has 96 valence electrons. The lowest BCUT2D eigenvalue weighted by Crippen LogP contribution is -2.22. The summed E-state index contributed by atoms with van der Waals surface area (Å²) in [6, 6.07) is 4.44. The molecule has 1 aromatic carbocycles. The summed E-state index contributed by atoms with van der Waals surface area (Å²) >= 11 is 0. The first-order valence-corrected chi connectivity index (χ1v) is 7.12. The van der Waals surface area contributed by atoms with Gasteiger partial charge in [0.15, 0.2) is 0 Å². The molecule has 2 aromatic rings. The summed E-state index contributed by atoms with van der Waals surface area (Å²) in [7, 11) is 0. The zero-order valence-corrected chi connectivity index (χ0v) is 11.6. The number of hydrogen-bond acceptors (Lipinski definition) is 1. The Hall–Kier alpha value is -1.31. The third-order valence-corrected chi connectivity index (χ3v) is 4.66. The first kappa shape index (κ1) is 11.8. The zero-order valence-electron chi connectivity index (χ0n) is 11.6. The number of nitrogens with zero attached hydrogens (tertiary/aromatic N) is 1. The van der Waals surface area contributed by atoms with Crippen molar-refractivity contribution < 1.29 is 0 Å². The Labute approximate surface area is 109 Å². The van der Waals surface area contributed by atoms with Crippen molar-refractivity contribution in [3.63, 3.8) is 0 Å². The summed E-state index contributed by atoms with van der Waals surface area (Å²) in [5.74, 6) is 1.23. The summed E-state index contributed by atoms with van der Waals surface area (Å²) in [4.78, 5) is 8.52. The maximum absolute atomic E-state index is 4.92. The van der Waals surface area contributed by atoms with Gasteiger partial charge in [-0.1, -0.05) is 25.8 Å². The number of H-pyrrole nitrogens is 1. The van der Waals surface area contributed by atoms with Crippen LogP contribution >= 0.6 is 0 Å². The number of hydrogen-bond donors (Lipinski definition) is 1. The molecule has 0 atom stereocenters. The minimum Gasteiger partial charge on any atom is -0.341 e. The number of nitrogens with one attached hydrogen (secondary N) is 1. The van der Waals surface area contributed by atoms with Crippen LogP contribution in [0.15, 0.2) is 12.1 Å². The van der Waals surface area contributed by atoms with Gasteiger partial charge in [-0.15, -0.1) is 0 Å². The molecule has 0 unspecified atom stereocenters. The lowest BCUT2D eigenvalue weighted by atomic mass is 9.83. The van der Waals surface area contributed by atoms with E-state index in [1.807, 2.05) is 0 Å². The smallest absolute Gasteiger partial charge is 0.113 e. The third kappa shape index (κ3) is 1.66. The highest BCUT2D eigenvalue weighted by atomic mass is 14.9. The van der Waals surface area contributed by atoms with Gasteiger partial charge in [0.2, 0.25) is 0 Å². The molecule has 1 aliphatic rings. The molecule has 0 bridgehead atoms. The standard InChI is InChI=1S/C16H22N2/c1-4-16(7-5-6-8-16)15-17-13-10-11(2)9-12(3)14(13)18-15/h9-10H,4-8H2,1-3H3,(H,17,18). The highest BCUT2D eigenvalue weighted by Crippen LogP contribution is 2.43. The van der Waals surface area contributed by atoms with E-state index in [0.29, 0.717) is 5.41 Å². The summed E-state index contributed by atoms with van der Waals surface area (Å²) in [5.41, 5.74) is 5.29. The van der Waals surface area contributed by atoms with Gasteiger partial charge in [0.05, 0.1) is 11.0 Å². The van der Waals surface area contributed by atoms with E-state index in [0.717, 1.165) is 5.52 Å². The highest BCUT2D eigenvalue weighted by molar-refractivity contribution is 5.79. The lowest BCUT2D eigenvalue weighted by molar-refractivity contribution is 0.403. The van der Waals surface area contributed by atoms with E-state index in [-0.39, 0.29) is 0 Å². The van der Waals surface area contributed by atoms with Gasteiger partial charge in [0, 0.05) is 5.41 Å². The summed E-state index contributed by atoms with van der Waals surface area (Å²) in [6.45, 7) is 6.61. The molecule has 1 saturated carbocycles. The molecular weight excluding hydrogens is 220 g/mol. The number of imidazole rings is 1. The van der Waals surface area contributed by atoms with Crippen LogP contribution in [-0.4, -0.2) is 9.97 Å². The summed E-state index contributed by atoms with van der Waals surface area (Å²) < 4.78 is 0. The van der Waals surface area contributed by atoms with Crippen molar-refractivity contribution in [2.45, 2.75) is 58.3 Å². The molecule has 0 saturated heterocycles. The van der Waals surface area contributed by atoms with Gasteiger partial charge in [-0.25, -0.2) is 4.98 Å². The van der Waals surface area contributed by atoms with Gasteiger partial charge in [0.1, 0.15) is 5.82 Å². The molecule has 2 nitrogen and oxygen atoms in total. The van der Waals surface area contributed by atoms with Crippen LogP contribution in [0.2, 0.25) is 0 Å². The zero-order chi connectivity index (χ0) is 12.8. The van der Waals surface area contributed by atoms with Crippen molar-refractivity contribution in [1.82, 2.24) is 9.97 Å². The molecule has 0 spiro atoms. The van der Waals surface area contributed by atoms with Gasteiger partial charge in [-0.05, 0) is 50.3 Å². The number of fused-ring (bicyclic) bond motifs is 1. The number of aromatic nitrogens is 2. The maximum Gasteiger partial charge on any atom is 0.113 e. The largest absolute Gasteiger partial charge is 0.341 e. The molecule has 1 aliphatic carbocycles. The van der Waals surface area contributed by atoms with E-state index in [9.17, 15) is 0 Å². The summed E-state index contributed by atoms with van der Waals surface area (Å²) in [5, 5.41) is 0. The third-order valence-electron chi connectivity index (χ3n) is 4.66. The normalized spacial score (nSPS) is 18.6. The first-order chi connectivity index (χ1) is 8.64. The van der Waals surface area contributed by atoms with Gasteiger partial charge in [-0.2, -0.15) is 0 Å². The van der Waals surface area contributed by atoms with E-state index >= 15 is 0 Å². The van der Waals surface area contributed by atoms with Gasteiger partial charge >= 0.3 is 0 Å². The second-order valence-corrected chi connectivity index (χ2v) is 5.90. The average Bonchev–Trinajstić information content (AvgIpc) is 2.94. The van der Waals surface area contributed by atoms with Gasteiger partial charge < -0.3 is 4.98 Å². The van der Waals surface area contributed by atoms with Crippen LogP contribution in [0.25, 0.3) is 11.0 Å². The van der Waals surface area contributed by atoms with Crippen molar-refractivity contribution in [2.75, 3.05) is 0 Å². The van der Waals surface area contributed by atoms with Crippen molar-refractivity contribution >= 4 is 11.0 Å². The Kier molecular flexibility index (Phi) is 2.69.